The monoisotopic (exact) mass is 497 g/mol. The second-order valence-corrected chi connectivity index (χ2v) is 10.3. The number of H-pyrrole nitrogens is 1. The van der Waals surface area contributed by atoms with Crippen LogP contribution in [0.15, 0.2) is 133 Å². The number of hydrogen-bond donors (Lipinski definition) is 1. The van der Waals surface area contributed by atoms with Crippen molar-refractivity contribution < 1.29 is 0 Å². The van der Waals surface area contributed by atoms with Crippen LogP contribution in [0, 0.1) is 0 Å². The maximum atomic E-state index is 3.63. The number of benzene rings is 6. The molecule has 0 aliphatic carbocycles. The van der Waals surface area contributed by atoms with E-state index in [0.29, 0.717) is 0 Å². The van der Waals surface area contributed by atoms with E-state index < -0.39 is 0 Å². The van der Waals surface area contributed by atoms with Gasteiger partial charge in [0, 0.05) is 54.7 Å². The van der Waals surface area contributed by atoms with Crippen LogP contribution in [0.4, 0.5) is 0 Å². The molecule has 0 atom stereocenters. The van der Waals surface area contributed by atoms with Crippen molar-refractivity contribution in [1.82, 2.24) is 14.1 Å². The Kier molecular flexibility index (Phi) is 4.05. The van der Waals surface area contributed by atoms with Crippen LogP contribution in [0.2, 0.25) is 0 Å². The van der Waals surface area contributed by atoms with Gasteiger partial charge in [0.25, 0.3) is 0 Å². The summed E-state index contributed by atoms with van der Waals surface area (Å²) in [5.41, 5.74) is 9.52. The van der Waals surface area contributed by atoms with Crippen LogP contribution in [0.1, 0.15) is 0 Å². The maximum absolute atomic E-state index is 3.63. The van der Waals surface area contributed by atoms with Crippen LogP contribution < -0.4 is 0 Å². The third kappa shape index (κ3) is 2.76. The molecule has 3 aromatic heterocycles. The lowest BCUT2D eigenvalue weighted by Gasteiger charge is -2.12. The number of para-hydroxylation sites is 4. The Balaban J connectivity index is 1.38. The number of nitrogens with one attached hydrogen (secondary N) is 1. The second kappa shape index (κ2) is 7.62. The molecule has 0 unspecified atom stereocenters. The van der Waals surface area contributed by atoms with E-state index in [4.69, 9.17) is 0 Å². The summed E-state index contributed by atoms with van der Waals surface area (Å²) in [5, 5.41) is 7.67. The average molecular weight is 498 g/mol. The quantitative estimate of drug-likeness (QED) is 0.246. The molecular formula is C36H23N3. The number of aromatic nitrogens is 3. The van der Waals surface area contributed by atoms with Crippen molar-refractivity contribution in [1.29, 1.82) is 0 Å². The highest BCUT2D eigenvalue weighted by Crippen LogP contribution is 2.40. The van der Waals surface area contributed by atoms with E-state index in [2.05, 4.69) is 148 Å². The summed E-state index contributed by atoms with van der Waals surface area (Å²) in [6, 6.07) is 48.2. The molecule has 3 nitrogen and oxygen atoms in total. The van der Waals surface area contributed by atoms with Crippen LogP contribution in [0.25, 0.3) is 76.8 Å². The van der Waals surface area contributed by atoms with Gasteiger partial charge in [-0.2, -0.15) is 0 Å². The molecule has 0 aliphatic rings. The van der Waals surface area contributed by atoms with Gasteiger partial charge in [-0.1, -0.05) is 78.9 Å². The van der Waals surface area contributed by atoms with Crippen LogP contribution in [0.5, 0.6) is 0 Å². The topological polar surface area (TPSA) is 25.6 Å². The van der Waals surface area contributed by atoms with Gasteiger partial charge in [-0.25, -0.2) is 0 Å². The molecule has 0 spiro atoms. The first-order chi connectivity index (χ1) is 19.4. The molecule has 9 rings (SSSR count). The minimum absolute atomic E-state index is 1.15. The fraction of sp³-hybridized carbons (Fsp3) is 0. The fourth-order valence-corrected chi connectivity index (χ4v) is 6.65. The predicted molar refractivity (Wildman–Crippen MR) is 164 cm³/mol. The van der Waals surface area contributed by atoms with E-state index >= 15 is 0 Å². The number of nitrogens with zero attached hydrogens (tertiary/aromatic N) is 2. The number of hydrogen-bond acceptors (Lipinski definition) is 0. The van der Waals surface area contributed by atoms with Gasteiger partial charge in [0.15, 0.2) is 0 Å². The second-order valence-electron chi connectivity index (χ2n) is 10.3. The van der Waals surface area contributed by atoms with Crippen LogP contribution in [-0.4, -0.2) is 14.1 Å². The highest BCUT2D eigenvalue weighted by Gasteiger charge is 2.18. The lowest BCUT2D eigenvalue weighted by atomic mass is 10.1. The van der Waals surface area contributed by atoms with Crippen LogP contribution in [-0.2, 0) is 0 Å². The average Bonchev–Trinajstić information content (AvgIpc) is 3.64. The van der Waals surface area contributed by atoms with E-state index in [0.717, 1.165) is 11.4 Å². The minimum atomic E-state index is 1.15. The summed E-state index contributed by atoms with van der Waals surface area (Å²) in [4.78, 5) is 3.63. The van der Waals surface area contributed by atoms with E-state index in [1.54, 1.807) is 0 Å². The SMILES string of the molecule is c1cc(-n2c3ccccc3c3ccccc32)cc(-n2c3ccccc3c3c4c(ccc32)[nH]c2ccccc24)c1. The Morgan fingerprint density at radius 1 is 0.359 bits per heavy atom. The summed E-state index contributed by atoms with van der Waals surface area (Å²) in [5.74, 6) is 0. The Bertz CT molecular complexity index is 2340. The Labute approximate surface area is 224 Å². The molecule has 9 aromatic rings. The van der Waals surface area contributed by atoms with Crippen LogP contribution in [0.3, 0.4) is 0 Å². The largest absolute Gasteiger partial charge is 0.354 e. The molecule has 0 saturated heterocycles. The van der Waals surface area contributed by atoms with E-state index in [1.807, 2.05) is 0 Å². The number of rotatable bonds is 2. The summed E-state index contributed by atoms with van der Waals surface area (Å²) < 4.78 is 4.81. The lowest BCUT2D eigenvalue weighted by molar-refractivity contribution is 1.13. The Morgan fingerprint density at radius 3 is 1.59 bits per heavy atom. The predicted octanol–water partition coefficient (Wildman–Crippen LogP) is 9.52. The summed E-state index contributed by atoms with van der Waals surface area (Å²) >= 11 is 0. The van der Waals surface area contributed by atoms with Gasteiger partial charge in [-0.15, -0.1) is 0 Å². The number of fused-ring (bicyclic) bond motifs is 10. The standard InChI is InChI=1S/C36H23N3/c1-5-16-29-27(14-1)35-30(37-29)20-21-34-36(35)28-15-4-8-19-33(28)39(34)24-11-9-10-23(22-24)38-31-17-6-2-12-25(31)26-13-3-7-18-32(26)38/h1-22,37H. The lowest BCUT2D eigenvalue weighted by Crippen LogP contribution is -1.98. The molecule has 6 aromatic carbocycles. The van der Waals surface area contributed by atoms with Gasteiger partial charge in [0.1, 0.15) is 0 Å². The first-order valence-electron chi connectivity index (χ1n) is 13.4. The first-order valence-corrected chi connectivity index (χ1v) is 13.4. The zero-order valence-corrected chi connectivity index (χ0v) is 21.1. The van der Waals surface area contributed by atoms with Crippen molar-refractivity contribution in [3.05, 3.63) is 133 Å². The molecule has 1 N–H and O–H groups in total. The molecule has 39 heavy (non-hydrogen) atoms. The molecule has 0 bridgehead atoms. The molecule has 0 radical (unpaired) electrons. The summed E-state index contributed by atoms with van der Waals surface area (Å²) in [7, 11) is 0. The van der Waals surface area contributed by atoms with Gasteiger partial charge in [0.2, 0.25) is 0 Å². The normalized spacial score (nSPS) is 12.1. The first kappa shape index (κ1) is 20.7. The Hall–Kier alpha value is -5.28. The van der Waals surface area contributed by atoms with Crippen molar-refractivity contribution in [2.75, 3.05) is 0 Å². The third-order valence-corrected chi connectivity index (χ3v) is 8.23. The van der Waals surface area contributed by atoms with Crippen molar-refractivity contribution in [2.24, 2.45) is 0 Å². The maximum Gasteiger partial charge on any atom is 0.0548 e. The molecule has 182 valence electrons. The molecule has 0 saturated carbocycles. The fourth-order valence-electron chi connectivity index (χ4n) is 6.65. The number of aromatic amines is 1. The van der Waals surface area contributed by atoms with Crippen molar-refractivity contribution in [3.63, 3.8) is 0 Å². The molecule has 0 fully saturated rings. The van der Waals surface area contributed by atoms with Gasteiger partial charge in [-0.3, -0.25) is 0 Å². The molecule has 3 heterocycles. The van der Waals surface area contributed by atoms with Gasteiger partial charge >= 0.3 is 0 Å². The zero-order chi connectivity index (χ0) is 25.5. The van der Waals surface area contributed by atoms with Crippen LogP contribution >= 0.6 is 0 Å². The molecule has 0 aliphatic heterocycles. The van der Waals surface area contributed by atoms with Crippen molar-refractivity contribution in [2.45, 2.75) is 0 Å². The summed E-state index contributed by atoms with van der Waals surface area (Å²) in [6.45, 7) is 0. The highest BCUT2D eigenvalue weighted by atomic mass is 15.0. The molecule has 3 heteroatoms. The van der Waals surface area contributed by atoms with Crippen molar-refractivity contribution >= 4 is 65.4 Å². The van der Waals surface area contributed by atoms with Gasteiger partial charge in [-0.05, 0) is 54.6 Å². The minimum Gasteiger partial charge on any atom is -0.354 e. The van der Waals surface area contributed by atoms with E-state index in [9.17, 15) is 0 Å². The highest BCUT2D eigenvalue weighted by molar-refractivity contribution is 6.28. The van der Waals surface area contributed by atoms with E-state index in [1.165, 1.54) is 65.4 Å². The summed E-state index contributed by atoms with van der Waals surface area (Å²) in [6.07, 6.45) is 0. The van der Waals surface area contributed by atoms with E-state index in [-0.39, 0.29) is 0 Å². The van der Waals surface area contributed by atoms with Crippen molar-refractivity contribution in [3.8, 4) is 11.4 Å². The van der Waals surface area contributed by atoms with Gasteiger partial charge in [0.05, 0.1) is 22.1 Å². The molecular weight excluding hydrogens is 474 g/mol. The third-order valence-electron chi connectivity index (χ3n) is 8.23. The smallest absolute Gasteiger partial charge is 0.0548 e. The van der Waals surface area contributed by atoms with Gasteiger partial charge < -0.3 is 14.1 Å². The Morgan fingerprint density at radius 2 is 0.897 bits per heavy atom. The molecule has 0 amide bonds. The zero-order valence-electron chi connectivity index (χ0n) is 21.1.